The van der Waals surface area contributed by atoms with E-state index in [1.54, 1.807) is 0 Å². The SMILES string of the molecule is CCN(CC)C(=O)CN1CCN(Cc2cccc(Cl)c2)CC1. The molecule has 0 N–H and O–H groups in total. The molecule has 1 saturated heterocycles. The van der Waals surface area contributed by atoms with Gasteiger partial charge < -0.3 is 4.90 Å². The van der Waals surface area contributed by atoms with Crippen molar-refractivity contribution in [1.29, 1.82) is 0 Å². The van der Waals surface area contributed by atoms with Crippen molar-refractivity contribution in [3.05, 3.63) is 34.9 Å². The van der Waals surface area contributed by atoms with E-state index in [1.165, 1.54) is 5.56 Å². The van der Waals surface area contributed by atoms with Crippen LogP contribution in [0.2, 0.25) is 5.02 Å². The number of hydrogen-bond acceptors (Lipinski definition) is 3. The molecule has 122 valence electrons. The van der Waals surface area contributed by atoms with E-state index in [-0.39, 0.29) is 5.91 Å². The zero-order valence-corrected chi connectivity index (χ0v) is 14.4. The van der Waals surface area contributed by atoms with Crippen molar-refractivity contribution < 1.29 is 4.79 Å². The highest BCUT2D eigenvalue weighted by Gasteiger charge is 2.20. The first-order chi connectivity index (χ1) is 10.6. The second-order valence-electron chi connectivity index (χ2n) is 5.75. The maximum absolute atomic E-state index is 12.1. The summed E-state index contributed by atoms with van der Waals surface area (Å²) in [5, 5.41) is 0.793. The number of piperazine rings is 1. The molecular formula is C17H26ClN3O. The molecule has 5 heteroatoms. The molecule has 0 unspecified atom stereocenters. The minimum Gasteiger partial charge on any atom is -0.342 e. The largest absolute Gasteiger partial charge is 0.342 e. The van der Waals surface area contributed by atoms with Crippen LogP contribution >= 0.6 is 11.6 Å². The summed E-state index contributed by atoms with van der Waals surface area (Å²) in [5.41, 5.74) is 1.25. The lowest BCUT2D eigenvalue weighted by molar-refractivity contribution is -0.132. The minimum absolute atomic E-state index is 0.244. The summed E-state index contributed by atoms with van der Waals surface area (Å²) in [6, 6.07) is 8.04. The molecule has 0 saturated carbocycles. The van der Waals surface area contributed by atoms with Gasteiger partial charge in [-0.1, -0.05) is 23.7 Å². The molecular weight excluding hydrogens is 298 g/mol. The minimum atomic E-state index is 0.244. The Balaban J connectivity index is 1.77. The molecule has 1 heterocycles. The first-order valence-corrected chi connectivity index (χ1v) is 8.47. The summed E-state index contributed by atoms with van der Waals surface area (Å²) in [5.74, 6) is 0.244. The number of nitrogens with zero attached hydrogens (tertiary/aromatic N) is 3. The van der Waals surface area contributed by atoms with Crippen LogP contribution in [0.4, 0.5) is 0 Å². The van der Waals surface area contributed by atoms with Gasteiger partial charge in [0.1, 0.15) is 0 Å². The molecule has 0 radical (unpaired) electrons. The van der Waals surface area contributed by atoms with Crippen molar-refractivity contribution in [2.75, 3.05) is 45.8 Å². The van der Waals surface area contributed by atoms with Crippen LogP contribution in [0.25, 0.3) is 0 Å². The molecule has 1 aromatic carbocycles. The van der Waals surface area contributed by atoms with E-state index in [0.29, 0.717) is 6.54 Å². The van der Waals surface area contributed by atoms with Gasteiger partial charge in [0.05, 0.1) is 6.54 Å². The topological polar surface area (TPSA) is 26.8 Å². The molecule has 1 fully saturated rings. The molecule has 4 nitrogen and oxygen atoms in total. The van der Waals surface area contributed by atoms with Crippen LogP contribution in [0, 0.1) is 0 Å². The third kappa shape index (κ3) is 4.97. The Morgan fingerprint density at radius 2 is 1.77 bits per heavy atom. The molecule has 0 bridgehead atoms. The van der Waals surface area contributed by atoms with Gasteiger partial charge in [0, 0.05) is 50.8 Å². The van der Waals surface area contributed by atoms with Gasteiger partial charge in [0.15, 0.2) is 0 Å². The zero-order chi connectivity index (χ0) is 15.9. The van der Waals surface area contributed by atoms with E-state index in [1.807, 2.05) is 36.9 Å². The van der Waals surface area contributed by atoms with Gasteiger partial charge in [-0.15, -0.1) is 0 Å². The summed E-state index contributed by atoms with van der Waals surface area (Å²) < 4.78 is 0. The highest BCUT2D eigenvalue weighted by molar-refractivity contribution is 6.30. The number of carbonyl (C=O) groups excluding carboxylic acids is 1. The van der Waals surface area contributed by atoms with E-state index in [0.717, 1.165) is 50.8 Å². The van der Waals surface area contributed by atoms with Gasteiger partial charge in [-0.25, -0.2) is 0 Å². The average molecular weight is 324 g/mol. The Morgan fingerprint density at radius 3 is 2.36 bits per heavy atom. The van der Waals surface area contributed by atoms with Crippen LogP contribution in [0.3, 0.4) is 0 Å². The third-order valence-electron chi connectivity index (χ3n) is 4.24. The molecule has 0 aliphatic carbocycles. The summed E-state index contributed by atoms with van der Waals surface area (Å²) >= 11 is 6.03. The lowest BCUT2D eigenvalue weighted by Crippen LogP contribution is -2.49. The molecule has 0 aromatic heterocycles. The summed E-state index contributed by atoms with van der Waals surface area (Å²) in [4.78, 5) is 18.7. The van der Waals surface area contributed by atoms with E-state index in [4.69, 9.17) is 11.6 Å². The van der Waals surface area contributed by atoms with Crippen molar-refractivity contribution in [3.63, 3.8) is 0 Å². The van der Waals surface area contributed by atoms with Gasteiger partial charge >= 0.3 is 0 Å². The van der Waals surface area contributed by atoms with Crippen molar-refractivity contribution in [2.45, 2.75) is 20.4 Å². The van der Waals surface area contributed by atoms with Crippen LogP contribution in [-0.2, 0) is 11.3 Å². The van der Waals surface area contributed by atoms with Crippen LogP contribution in [-0.4, -0.2) is 66.4 Å². The molecule has 0 atom stereocenters. The fourth-order valence-electron chi connectivity index (χ4n) is 2.87. The predicted octanol–water partition coefficient (Wildman–Crippen LogP) is 2.33. The van der Waals surface area contributed by atoms with Crippen molar-refractivity contribution >= 4 is 17.5 Å². The standard InChI is InChI=1S/C17H26ClN3O/c1-3-21(4-2)17(22)14-20-10-8-19(9-11-20)13-15-6-5-7-16(18)12-15/h5-7,12H,3-4,8-11,13-14H2,1-2H3. The first kappa shape index (κ1) is 17.3. The van der Waals surface area contributed by atoms with Gasteiger partial charge in [-0.2, -0.15) is 0 Å². The number of hydrogen-bond donors (Lipinski definition) is 0. The van der Waals surface area contributed by atoms with Crippen molar-refractivity contribution in [1.82, 2.24) is 14.7 Å². The summed E-state index contributed by atoms with van der Waals surface area (Å²) in [6.45, 7) is 11.0. The number of carbonyl (C=O) groups is 1. The molecule has 1 amide bonds. The highest BCUT2D eigenvalue weighted by atomic mass is 35.5. The lowest BCUT2D eigenvalue weighted by Gasteiger charge is -2.35. The normalized spacial score (nSPS) is 16.7. The molecule has 2 rings (SSSR count). The maximum atomic E-state index is 12.1. The summed E-state index contributed by atoms with van der Waals surface area (Å²) in [7, 11) is 0. The Hall–Kier alpha value is -1.10. The monoisotopic (exact) mass is 323 g/mol. The quantitative estimate of drug-likeness (QED) is 0.804. The molecule has 22 heavy (non-hydrogen) atoms. The van der Waals surface area contributed by atoms with E-state index in [2.05, 4.69) is 15.9 Å². The fourth-order valence-corrected chi connectivity index (χ4v) is 3.08. The third-order valence-corrected chi connectivity index (χ3v) is 4.47. The van der Waals surface area contributed by atoms with Crippen LogP contribution in [0.15, 0.2) is 24.3 Å². The smallest absolute Gasteiger partial charge is 0.236 e. The zero-order valence-electron chi connectivity index (χ0n) is 13.6. The number of amides is 1. The lowest BCUT2D eigenvalue weighted by atomic mass is 10.2. The van der Waals surface area contributed by atoms with E-state index >= 15 is 0 Å². The molecule has 1 aliphatic rings. The Morgan fingerprint density at radius 1 is 1.14 bits per heavy atom. The second-order valence-corrected chi connectivity index (χ2v) is 6.18. The Kier molecular flexibility index (Phi) is 6.68. The van der Waals surface area contributed by atoms with Crippen LogP contribution < -0.4 is 0 Å². The predicted molar refractivity (Wildman–Crippen MR) is 91.1 cm³/mol. The Labute approximate surface area is 138 Å². The van der Waals surface area contributed by atoms with Gasteiger partial charge in [-0.05, 0) is 31.5 Å². The highest BCUT2D eigenvalue weighted by Crippen LogP contribution is 2.14. The van der Waals surface area contributed by atoms with Crippen LogP contribution in [0.1, 0.15) is 19.4 Å². The van der Waals surface area contributed by atoms with Crippen molar-refractivity contribution in [3.8, 4) is 0 Å². The average Bonchev–Trinajstić information content (AvgIpc) is 2.50. The van der Waals surface area contributed by atoms with Gasteiger partial charge in [0.2, 0.25) is 5.91 Å². The second kappa shape index (κ2) is 8.51. The molecule has 0 spiro atoms. The molecule has 1 aliphatic heterocycles. The van der Waals surface area contributed by atoms with Crippen LogP contribution in [0.5, 0.6) is 0 Å². The number of halogens is 1. The fraction of sp³-hybridized carbons (Fsp3) is 0.588. The number of rotatable bonds is 6. The number of benzene rings is 1. The van der Waals surface area contributed by atoms with Gasteiger partial charge in [-0.3, -0.25) is 14.6 Å². The summed E-state index contributed by atoms with van der Waals surface area (Å²) in [6.07, 6.45) is 0. The maximum Gasteiger partial charge on any atom is 0.236 e. The Bertz CT molecular complexity index is 483. The van der Waals surface area contributed by atoms with E-state index in [9.17, 15) is 4.79 Å². The number of likely N-dealkylation sites (N-methyl/N-ethyl adjacent to an activating group) is 1. The van der Waals surface area contributed by atoms with Gasteiger partial charge in [0.25, 0.3) is 0 Å². The van der Waals surface area contributed by atoms with Crippen molar-refractivity contribution in [2.24, 2.45) is 0 Å². The first-order valence-electron chi connectivity index (χ1n) is 8.09. The van der Waals surface area contributed by atoms with E-state index < -0.39 is 0 Å². The molecule has 1 aromatic rings.